The third-order valence-corrected chi connectivity index (χ3v) is 13.6. The molecule has 6 atom stereocenters. The first kappa shape index (κ1) is 32.9. The highest BCUT2D eigenvalue weighted by molar-refractivity contribution is 7.90. The van der Waals surface area contributed by atoms with Gasteiger partial charge in [-0.25, -0.2) is 13.1 Å². The standard InChI is InChI=1S/C36H44ClN3O5S/c1-23-7-5-16-36(42,34(3,4)20-38)30-12-9-27(30)19-40-21-35(15-6-8-25-17-28(37)11-13-29(25)35)22-45-32-14-10-26(18-31(32)40)33(41)39-46(43,44)24(23)2/h5,10-11,13-14,16-18,23-24,27,30,42H,6-9,12,15,19,21-22H2,1-4H3,(H,39,41)/b16-5-/t23-,24+,27-,30+,35-,36+/m0/s1. The Morgan fingerprint density at radius 3 is 2.67 bits per heavy atom. The van der Waals surface area contributed by atoms with Gasteiger partial charge in [0.1, 0.15) is 11.4 Å². The molecule has 2 bridgehead atoms. The molecule has 46 heavy (non-hydrogen) atoms. The van der Waals surface area contributed by atoms with E-state index < -0.39 is 32.2 Å². The zero-order chi connectivity index (χ0) is 33.1. The number of carbonyl (C=O) groups is 1. The molecule has 10 heteroatoms. The lowest BCUT2D eigenvalue weighted by Gasteiger charge is -2.52. The number of benzene rings is 2. The molecule has 2 aromatic rings. The van der Waals surface area contributed by atoms with Gasteiger partial charge in [-0.15, -0.1) is 0 Å². The van der Waals surface area contributed by atoms with Crippen molar-refractivity contribution in [3.8, 4) is 11.8 Å². The van der Waals surface area contributed by atoms with Crippen LogP contribution in [0.25, 0.3) is 0 Å². The van der Waals surface area contributed by atoms with Crippen LogP contribution in [-0.4, -0.2) is 50.0 Å². The van der Waals surface area contributed by atoms with Crippen molar-refractivity contribution in [2.45, 2.75) is 82.5 Å². The second-order valence-corrected chi connectivity index (χ2v) is 17.1. The van der Waals surface area contributed by atoms with E-state index in [0.29, 0.717) is 36.9 Å². The molecule has 2 aliphatic carbocycles. The minimum absolute atomic E-state index is 0.0701. The van der Waals surface area contributed by atoms with Gasteiger partial charge in [-0.1, -0.05) is 36.7 Å². The number of allylic oxidation sites excluding steroid dienone is 1. The summed E-state index contributed by atoms with van der Waals surface area (Å²) in [6.45, 7) is 8.60. The maximum Gasteiger partial charge on any atom is 0.264 e. The van der Waals surface area contributed by atoms with E-state index in [1.807, 2.05) is 25.1 Å². The van der Waals surface area contributed by atoms with Crippen LogP contribution in [0.2, 0.25) is 5.02 Å². The van der Waals surface area contributed by atoms with E-state index in [-0.39, 0.29) is 28.7 Å². The zero-order valence-electron chi connectivity index (χ0n) is 27.1. The van der Waals surface area contributed by atoms with E-state index in [1.54, 1.807) is 45.0 Å². The molecule has 6 rings (SSSR count). The second-order valence-electron chi connectivity index (χ2n) is 14.6. The summed E-state index contributed by atoms with van der Waals surface area (Å²) < 4.78 is 35.6. The van der Waals surface area contributed by atoms with E-state index in [9.17, 15) is 23.6 Å². The summed E-state index contributed by atoms with van der Waals surface area (Å²) in [5, 5.41) is 22.4. The number of hydrogen-bond donors (Lipinski definition) is 2. The van der Waals surface area contributed by atoms with Crippen LogP contribution in [0.4, 0.5) is 5.69 Å². The lowest BCUT2D eigenvalue weighted by atomic mass is 9.56. The van der Waals surface area contributed by atoms with Crippen LogP contribution in [0, 0.1) is 34.5 Å². The Bertz CT molecular complexity index is 1720. The van der Waals surface area contributed by atoms with Crippen LogP contribution < -0.4 is 14.4 Å². The van der Waals surface area contributed by atoms with E-state index in [4.69, 9.17) is 16.3 Å². The van der Waals surface area contributed by atoms with Crippen molar-refractivity contribution in [1.29, 1.82) is 5.26 Å². The number of carbonyl (C=O) groups excluding carboxylic acids is 1. The fraction of sp³-hybridized carbons (Fsp3) is 0.556. The molecule has 8 nitrogen and oxygen atoms in total. The van der Waals surface area contributed by atoms with Crippen molar-refractivity contribution in [1.82, 2.24) is 4.72 Å². The number of ether oxygens (including phenoxy) is 1. The molecule has 246 valence electrons. The van der Waals surface area contributed by atoms with E-state index in [2.05, 4.69) is 21.8 Å². The first-order valence-electron chi connectivity index (χ1n) is 16.4. The topological polar surface area (TPSA) is 120 Å². The number of nitrogens with one attached hydrogen (secondary N) is 1. The molecule has 1 amide bonds. The van der Waals surface area contributed by atoms with Gasteiger partial charge in [0, 0.05) is 29.1 Å². The predicted molar refractivity (Wildman–Crippen MR) is 180 cm³/mol. The van der Waals surface area contributed by atoms with Crippen LogP contribution in [0.1, 0.15) is 81.3 Å². The molecule has 4 aliphatic rings. The average molecular weight is 666 g/mol. The van der Waals surface area contributed by atoms with Gasteiger partial charge >= 0.3 is 0 Å². The van der Waals surface area contributed by atoms with Crippen LogP contribution in [0.15, 0.2) is 48.6 Å². The maximum absolute atomic E-state index is 13.5. The first-order valence-corrected chi connectivity index (χ1v) is 18.3. The Hall–Kier alpha value is -3.06. The third kappa shape index (κ3) is 5.61. The van der Waals surface area contributed by atoms with Crippen molar-refractivity contribution in [2.24, 2.45) is 23.2 Å². The van der Waals surface area contributed by atoms with Gasteiger partial charge in [-0.05, 0) is 119 Å². The van der Waals surface area contributed by atoms with Gasteiger partial charge in [-0.3, -0.25) is 4.79 Å². The number of fused-ring (bicyclic) bond motifs is 4. The number of anilines is 1. The monoisotopic (exact) mass is 665 g/mol. The highest BCUT2D eigenvalue weighted by Crippen LogP contribution is 2.52. The number of sulfonamides is 1. The number of rotatable bonds is 1. The van der Waals surface area contributed by atoms with Gasteiger partial charge in [0.15, 0.2) is 0 Å². The summed E-state index contributed by atoms with van der Waals surface area (Å²) in [5.74, 6) is -0.506. The highest BCUT2D eigenvalue weighted by Gasteiger charge is 2.54. The fourth-order valence-corrected chi connectivity index (χ4v) is 9.51. The molecule has 2 heterocycles. The predicted octanol–water partition coefficient (Wildman–Crippen LogP) is 6.16. The molecule has 1 spiro atoms. The molecule has 2 aromatic carbocycles. The summed E-state index contributed by atoms with van der Waals surface area (Å²) in [6, 6.07) is 13.6. The SMILES string of the molecule is C[C@@H]1[C@@H](C)C/C=C\[C@](O)(C(C)(C)C#N)[C@@H]2CC[C@H]2CN2C[C@@]3(CCCc4cc(Cl)ccc43)COc3ccc(cc32)C(=O)NS1(=O)=O. The van der Waals surface area contributed by atoms with Crippen molar-refractivity contribution in [2.75, 3.05) is 24.6 Å². The number of amides is 1. The number of aliphatic hydroxyl groups is 1. The number of aryl methyl sites for hydroxylation is 1. The molecule has 0 aromatic heterocycles. The van der Waals surface area contributed by atoms with Crippen molar-refractivity contribution < 1.29 is 23.1 Å². The van der Waals surface area contributed by atoms with Crippen LogP contribution in [0.5, 0.6) is 5.75 Å². The van der Waals surface area contributed by atoms with Crippen LogP contribution in [0.3, 0.4) is 0 Å². The maximum atomic E-state index is 13.5. The molecule has 0 saturated heterocycles. The van der Waals surface area contributed by atoms with Gasteiger partial charge < -0.3 is 14.7 Å². The highest BCUT2D eigenvalue weighted by atomic mass is 35.5. The van der Waals surface area contributed by atoms with Crippen LogP contribution >= 0.6 is 11.6 Å². The van der Waals surface area contributed by atoms with E-state index in [0.717, 1.165) is 37.8 Å². The quantitative estimate of drug-likeness (QED) is 0.350. The van der Waals surface area contributed by atoms with Crippen molar-refractivity contribution in [3.63, 3.8) is 0 Å². The number of halogens is 1. The van der Waals surface area contributed by atoms with Crippen molar-refractivity contribution >= 4 is 33.2 Å². The Kier molecular flexibility index (Phi) is 8.48. The molecule has 1 saturated carbocycles. The van der Waals surface area contributed by atoms with E-state index in [1.165, 1.54) is 11.1 Å². The number of nitrogens with zero attached hydrogens (tertiary/aromatic N) is 2. The summed E-state index contributed by atoms with van der Waals surface area (Å²) in [6.07, 6.45) is 8.42. The van der Waals surface area contributed by atoms with Gasteiger partial charge in [0.05, 0.1) is 29.0 Å². The largest absolute Gasteiger partial charge is 0.490 e. The summed E-state index contributed by atoms with van der Waals surface area (Å²) in [7, 11) is -4.01. The third-order valence-electron chi connectivity index (χ3n) is 11.4. The minimum atomic E-state index is -4.01. The Morgan fingerprint density at radius 1 is 1.17 bits per heavy atom. The Balaban J connectivity index is 1.48. The molecule has 0 radical (unpaired) electrons. The lowest BCUT2D eigenvalue weighted by Crippen LogP contribution is -2.57. The number of hydrogen-bond acceptors (Lipinski definition) is 7. The van der Waals surface area contributed by atoms with Gasteiger partial charge in [0.2, 0.25) is 10.0 Å². The molecule has 0 unspecified atom stereocenters. The summed E-state index contributed by atoms with van der Waals surface area (Å²) in [5.41, 5.74) is 0.553. The minimum Gasteiger partial charge on any atom is -0.490 e. The average Bonchev–Trinajstić information content (AvgIpc) is 3.14. The molecular formula is C36H44ClN3O5S. The lowest BCUT2D eigenvalue weighted by molar-refractivity contribution is -0.0994. The summed E-state index contributed by atoms with van der Waals surface area (Å²) >= 11 is 6.42. The molecular weight excluding hydrogens is 622 g/mol. The van der Waals surface area contributed by atoms with E-state index >= 15 is 0 Å². The zero-order valence-corrected chi connectivity index (χ0v) is 28.6. The van der Waals surface area contributed by atoms with Crippen molar-refractivity contribution in [3.05, 3.63) is 70.3 Å². The first-order chi connectivity index (χ1) is 21.7. The van der Waals surface area contributed by atoms with Gasteiger partial charge in [-0.2, -0.15) is 5.26 Å². The molecule has 2 aliphatic heterocycles. The number of nitriles is 1. The van der Waals surface area contributed by atoms with Crippen LogP contribution in [-0.2, 0) is 21.9 Å². The summed E-state index contributed by atoms with van der Waals surface area (Å²) in [4.78, 5) is 15.7. The Morgan fingerprint density at radius 2 is 1.96 bits per heavy atom. The second kappa shape index (κ2) is 11.9. The smallest absolute Gasteiger partial charge is 0.264 e. The normalized spacial score (nSPS) is 33.2. The fourth-order valence-electron chi connectivity index (χ4n) is 8.03. The Labute approximate surface area is 277 Å². The molecule has 2 N–H and O–H groups in total. The van der Waals surface area contributed by atoms with Gasteiger partial charge in [0.25, 0.3) is 5.91 Å². The molecule has 1 fully saturated rings.